The number of nitrogens with zero attached hydrogens (tertiary/aromatic N) is 1. The number of carbonyl (C=O) groups is 1. The summed E-state index contributed by atoms with van der Waals surface area (Å²) < 4.78 is 0. The predicted octanol–water partition coefficient (Wildman–Crippen LogP) is 1.49. The lowest BCUT2D eigenvalue weighted by Gasteiger charge is -2.29. The van der Waals surface area contributed by atoms with Crippen LogP contribution in [-0.2, 0) is 11.2 Å². The fourth-order valence-corrected chi connectivity index (χ4v) is 4.24. The van der Waals surface area contributed by atoms with Crippen molar-refractivity contribution in [2.75, 3.05) is 6.54 Å². The van der Waals surface area contributed by atoms with Crippen molar-refractivity contribution in [2.24, 2.45) is 5.92 Å². The van der Waals surface area contributed by atoms with E-state index in [2.05, 4.69) is 9.97 Å². The number of aryl methyl sites for hydroxylation is 1. The van der Waals surface area contributed by atoms with E-state index in [4.69, 9.17) is 0 Å². The van der Waals surface area contributed by atoms with Crippen LogP contribution in [0.15, 0.2) is 9.59 Å². The zero-order valence-electron chi connectivity index (χ0n) is 13.7. The van der Waals surface area contributed by atoms with Crippen LogP contribution in [0.25, 0.3) is 0 Å². The van der Waals surface area contributed by atoms with E-state index in [9.17, 15) is 14.4 Å². The molecule has 1 aliphatic heterocycles. The molecule has 1 aliphatic carbocycles. The third kappa shape index (κ3) is 3.41. The van der Waals surface area contributed by atoms with Gasteiger partial charge in [0.05, 0.1) is 0 Å². The number of likely N-dealkylation sites (tertiary alicyclic amines) is 1. The highest BCUT2D eigenvalue weighted by Gasteiger charge is 2.35. The number of nitrogens with one attached hydrogen (secondary N) is 2. The van der Waals surface area contributed by atoms with Gasteiger partial charge in [0.1, 0.15) is 0 Å². The zero-order valence-corrected chi connectivity index (χ0v) is 13.7. The van der Waals surface area contributed by atoms with Crippen LogP contribution in [0.3, 0.4) is 0 Å². The average molecular weight is 319 g/mol. The molecule has 1 amide bonds. The van der Waals surface area contributed by atoms with Crippen LogP contribution in [0.1, 0.15) is 56.2 Å². The molecule has 6 nitrogen and oxygen atoms in total. The lowest BCUT2D eigenvalue weighted by Crippen LogP contribution is -2.39. The van der Waals surface area contributed by atoms with Crippen molar-refractivity contribution in [3.63, 3.8) is 0 Å². The molecule has 2 aliphatic rings. The first-order valence-corrected chi connectivity index (χ1v) is 8.68. The maximum Gasteiger partial charge on any atom is 0.325 e. The normalized spacial score (nSPS) is 22.0. The Kier molecular flexibility index (Phi) is 4.68. The first-order chi connectivity index (χ1) is 11.1. The van der Waals surface area contributed by atoms with Crippen molar-refractivity contribution in [3.8, 4) is 0 Å². The van der Waals surface area contributed by atoms with Gasteiger partial charge in [-0.25, -0.2) is 4.79 Å². The van der Waals surface area contributed by atoms with E-state index in [1.807, 2.05) is 4.90 Å². The molecule has 2 N–H and O–H groups in total. The topological polar surface area (TPSA) is 86.0 Å². The van der Waals surface area contributed by atoms with Gasteiger partial charge in [-0.05, 0) is 44.9 Å². The van der Waals surface area contributed by atoms with Gasteiger partial charge in [-0.2, -0.15) is 0 Å². The molecule has 0 spiro atoms. The van der Waals surface area contributed by atoms with Crippen LogP contribution in [0, 0.1) is 12.8 Å². The van der Waals surface area contributed by atoms with Gasteiger partial charge in [0.25, 0.3) is 5.56 Å². The Hall–Kier alpha value is -1.85. The molecule has 1 aromatic rings. The fraction of sp³-hybridized carbons (Fsp3) is 0.706. The molecule has 2 fully saturated rings. The van der Waals surface area contributed by atoms with Crippen LogP contribution < -0.4 is 11.2 Å². The second-order valence-corrected chi connectivity index (χ2v) is 6.85. The summed E-state index contributed by atoms with van der Waals surface area (Å²) in [5.74, 6) is 0.809. The summed E-state index contributed by atoms with van der Waals surface area (Å²) >= 11 is 0. The van der Waals surface area contributed by atoms with E-state index in [0.717, 1.165) is 19.4 Å². The number of hydrogen-bond donors (Lipinski definition) is 2. The zero-order chi connectivity index (χ0) is 16.4. The van der Waals surface area contributed by atoms with Gasteiger partial charge in [0, 0.05) is 30.3 Å². The van der Waals surface area contributed by atoms with E-state index in [0.29, 0.717) is 36.1 Å². The van der Waals surface area contributed by atoms with Gasteiger partial charge in [0.2, 0.25) is 5.91 Å². The minimum atomic E-state index is -0.497. The van der Waals surface area contributed by atoms with Crippen LogP contribution in [0.4, 0.5) is 0 Å². The van der Waals surface area contributed by atoms with Gasteiger partial charge >= 0.3 is 5.69 Å². The summed E-state index contributed by atoms with van der Waals surface area (Å²) in [5.41, 5.74) is 0.186. The Morgan fingerprint density at radius 3 is 2.57 bits per heavy atom. The molecule has 1 aromatic heterocycles. The minimum Gasteiger partial charge on any atom is -0.339 e. The van der Waals surface area contributed by atoms with Gasteiger partial charge in [-0.15, -0.1) is 0 Å². The van der Waals surface area contributed by atoms with Crippen molar-refractivity contribution in [1.82, 2.24) is 14.9 Å². The number of aromatic nitrogens is 2. The maximum absolute atomic E-state index is 12.6. The van der Waals surface area contributed by atoms with Crippen molar-refractivity contribution < 1.29 is 4.79 Å². The van der Waals surface area contributed by atoms with Gasteiger partial charge in [-0.1, -0.05) is 12.8 Å². The van der Waals surface area contributed by atoms with Crippen molar-refractivity contribution in [2.45, 2.75) is 64.3 Å². The Morgan fingerprint density at radius 1 is 1.13 bits per heavy atom. The number of aromatic amines is 2. The Morgan fingerprint density at radius 2 is 1.87 bits per heavy atom. The molecule has 3 rings (SSSR count). The number of carbonyl (C=O) groups excluding carboxylic acids is 1. The number of amides is 1. The van der Waals surface area contributed by atoms with E-state index in [1.165, 1.54) is 25.7 Å². The smallest absolute Gasteiger partial charge is 0.325 e. The molecule has 0 aromatic carbocycles. The van der Waals surface area contributed by atoms with E-state index < -0.39 is 5.69 Å². The van der Waals surface area contributed by atoms with Crippen LogP contribution in [0.5, 0.6) is 0 Å². The highest BCUT2D eigenvalue weighted by Crippen LogP contribution is 2.35. The second-order valence-electron chi connectivity index (χ2n) is 6.85. The molecule has 1 saturated heterocycles. The summed E-state index contributed by atoms with van der Waals surface area (Å²) in [4.78, 5) is 42.6. The monoisotopic (exact) mass is 319 g/mol. The highest BCUT2D eigenvalue weighted by molar-refractivity contribution is 5.77. The first-order valence-electron chi connectivity index (χ1n) is 8.68. The highest BCUT2D eigenvalue weighted by atomic mass is 16.2. The predicted molar refractivity (Wildman–Crippen MR) is 87.4 cm³/mol. The summed E-state index contributed by atoms with van der Waals surface area (Å²) in [7, 11) is 0. The first kappa shape index (κ1) is 16.0. The van der Waals surface area contributed by atoms with E-state index >= 15 is 0 Å². The van der Waals surface area contributed by atoms with Crippen LogP contribution >= 0.6 is 0 Å². The van der Waals surface area contributed by atoms with Crippen molar-refractivity contribution in [1.29, 1.82) is 0 Å². The van der Waals surface area contributed by atoms with E-state index in [1.54, 1.807) is 6.92 Å². The largest absolute Gasteiger partial charge is 0.339 e. The summed E-state index contributed by atoms with van der Waals surface area (Å²) in [6.45, 7) is 2.55. The fourth-order valence-electron chi connectivity index (χ4n) is 4.24. The van der Waals surface area contributed by atoms with Gasteiger partial charge in [-0.3, -0.25) is 14.6 Å². The Balaban J connectivity index is 1.65. The lowest BCUT2D eigenvalue weighted by atomic mass is 9.95. The maximum atomic E-state index is 12.6. The standard InChI is InChI=1S/C17H25N3O3/c1-11-13(16(22)19-17(23)18-11)8-9-15(21)20-10-4-7-14(20)12-5-2-3-6-12/h12,14H,2-10H2,1H3,(H2,18,19,22,23)/t14-/m1/s1. The minimum absolute atomic E-state index is 0.143. The third-order valence-electron chi connectivity index (χ3n) is 5.41. The average Bonchev–Trinajstić information content (AvgIpc) is 3.16. The van der Waals surface area contributed by atoms with Gasteiger partial charge in [0.15, 0.2) is 0 Å². The van der Waals surface area contributed by atoms with Crippen LogP contribution in [-0.4, -0.2) is 33.4 Å². The molecule has 0 bridgehead atoms. The van der Waals surface area contributed by atoms with E-state index in [-0.39, 0.29) is 11.5 Å². The third-order valence-corrected chi connectivity index (χ3v) is 5.41. The molecular formula is C17H25N3O3. The summed E-state index contributed by atoms with van der Waals surface area (Å²) in [5, 5.41) is 0. The van der Waals surface area contributed by atoms with Crippen molar-refractivity contribution >= 4 is 5.91 Å². The lowest BCUT2D eigenvalue weighted by molar-refractivity contribution is -0.132. The molecule has 0 radical (unpaired) electrons. The second kappa shape index (κ2) is 6.72. The van der Waals surface area contributed by atoms with Crippen LogP contribution in [0.2, 0.25) is 0 Å². The summed E-state index contributed by atoms with van der Waals surface area (Å²) in [6.07, 6.45) is 7.98. The molecule has 6 heteroatoms. The molecule has 1 saturated carbocycles. The number of rotatable bonds is 4. The summed E-state index contributed by atoms with van der Waals surface area (Å²) in [6, 6.07) is 0.403. The molecule has 23 heavy (non-hydrogen) atoms. The number of hydrogen-bond acceptors (Lipinski definition) is 3. The Bertz CT molecular complexity index is 685. The van der Waals surface area contributed by atoms with Gasteiger partial charge < -0.3 is 9.88 Å². The molecule has 2 heterocycles. The quantitative estimate of drug-likeness (QED) is 0.881. The Labute approximate surface area is 135 Å². The molecule has 126 valence electrons. The van der Waals surface area contributed by atoms with Crippen molar-refractivity contribution in [3.05, 3.63) is 32.1 Å². The number of H-pyrrole nitrogens is 2. The SMILES string of the molecule is Cc1[nH]c(=O)[nH]c(=O)c1CCC(=O)N1CCC[C@@H]1C1CCCC1. The molecule has 1 atom stereocenters. The molecule has 0 unspecified atom stereocenters. The molecular weight excluding hydrogens is 294 g/mol.